The van der Waals surface area contributed by atoms with E-state index in [2.05, 4.69) is 0 Å². The van der Waals surface area contributed by atoms with Gasteiger partial charge in [-0.2, -0.15) is 13.2 Å². The van der Waals surface area contributed by atoms with E-state index in [1.807, 2.05) is 0 Å². The molecule has 19 heavy (non-hydrogen) atoms. The number of carboxylic acid groups (broad SMARTS) is 1. The molecule has 3 nitrogen and oxygen atoms in total. The summed E-state index contributed by atoms with van der Waals surface area (Å²) in [4.78, 5) is 10.4. The van der Waals surface area contributed by atoms with Gasteiger partial charge in [0.05, 0.1) is 12.2 Å². The maximum absolute atomic E-state index is 12.6. The average Bonchev–Trinajstić information content (AvgIpc) is 2.29. The minimum atomic E-state index is -4.41. The molecule has 1 aromatic rings. The lowest BCUT2D eigenvalue weighted by atomic mass is 10.0. The van der Waals surface area contributed by atoms with Crippen LogP contribution in [-0.2, 0) is 17.4 Å². The highest BCUT2D eigenvalue weighted by Gasteiger charge is 2.31. The third-order valence-corrected chi connectivity index (χ3v) is 2.52. The summed E-state index contributed by atoms with van der Waals surface area (Å²) < 4.78 is 43.1. The zero-order valence-corrected chi connectivity index (χ0v) is 10.5. The molecule has 106 valence electrons. The normalized spacial score (nSPS) is 11.4. The van der Waals surface area contributed by atoms with Crippen LogP contribution >= 0.6 is 0 Å². The molecule has 6 heteroatoms. The quantitative estimate of drug-likeness (QED) is 0.864. The molecule has 0 aliphatic heterocycles. The number of carbonyl (C=O) groups is 1. The van der Waals surface area contributed by atoms with Crippen molar-refractivity contribution in [3.63, 3.8) is 0 Å². The molecule has 0 spiro atoms. The van der Waals surface area contributed by atoms with Gasteiger partial charge in [0.15, 0.2) is 0 Å². The molecular formula is C13H15F3O3. The number of aliphatic carboxylic acids is 1. The zero-order valence-electron chi connectivity index (χ0n) is 10.5. The number of aryl methyl sites for hydroxylation is 1. The third kappa shape index (κ3) is 4.81. The number of ether oxygens (including phenoxy) is 1. The smallest absolute Gasteiger partial charge is 0.416 e. The monoisotopic (exact) mass is 276 g/mol. The van der Waals surface area contributed by atoms with Crippen LogP contribution in [0.15, 0.2) is 18.2 Å². The predicted octanol–water partition coefficient (Wildman–Crippen LogP) is 3.51. The minimum Gasteiger partial charge on any atom is -0.494 e. The number of halogens is 3. The minimum absolute atomic E-state index is 0.0815. The van der Waals surface area contributed by atoms with Gasteiger partial charge in [-0.05, 0) is 43.5 Å². The topological polar surface area (TPSA) is 46.5 Å². The van der Waals surface area contributed by atoms with Crippen molar-refractivity contribution < 1.29 is 27.8 Å². The van der Waals surface area contributed by atoms with Gasteiger partial charge in [-0.25, -0.2) is 0 Å². The Morgan fingerprint density at radius 1 is 1.37 bits per heavy atom. The molecular weight excluding hydrogens is 261 g/mol. The second-order valence-electron chi connectivity index (χ2n) is 4.00. The van der Waals surface area contributed by atoms with Crippen molar-refractivity contribution in [3.05, 3.63) is 29.3 Å². The number of benzene rings is 1. The lowest BCUT2D eigenvalue weighted by Gasteiger charge is -2.13. The second kappa shape index (κ2) is 6.45. The van der Waals surface area contributed by atoms with E-state index in [0.717, 1.165) is 12.1 Å². The van der Waals surface area contributed by atoms with Gasteiger partial charge in [0.2, 0.25) is 0 Å². The molecule has 0 amide bonds. The zero-order chi connectivity index (χ0) is 14.5. The summed E-state index contributed by atoms with van der Waals surface area (Å²) in [6.07, 6.45) is -3.98. The average molecular weight is 276 g/mol. The van der Waals surface area contributed by atoms with E-state index in [4.69, 9.17) is 9.84 Å². The first-order chi connectivity index (χ1) is 8.84. The molecule has 0 aliphatic rings. The Kier molecular flexibility index (Phi) is 5.20. The van der Waals surface area contributed by atoms with Gasteiger partial charge in [-0.1, -0.05) is 0 Å². The first kappa shape index (κ1) is 15.3. The molecule has 0 unspecified atom stereocenters. The molecule has 1 N–H and O–H groups in total. The van der Waals surface area contributed by atoms with Crippen LogP contribution in [0, 0.1) is 0 Å². The highest BCUT2D eigenvalue weighted by Crippen LogP contribution is 2.33. The van der Waals surface area contributed by atoms with Gasteiger partial charge in [0.25, 0.3) is 0 Å². The molecule has 0 bridgehead atoms. The number of hydrogen-bond donors (Lipinski definition) is 1. The Balaban J connectivity index is 2.91. The molecule has 0 heterocycles. The van der Waals surface area contributed by atoms with E-state index in [-0.39, 0.29) is 19.3 Å². The van der Waals surface area contributed by atoms with Crippen molar-refractivity contribution in [1.82, 2.24) is 0 Å². The van der Waals surface area contributed by atoms with Crippen LogP contribution in [0.25, 0.3) is 0 Å². The van der Waals surface area contributed by atoms with Gasteiger partial charge in [0, 0.05) is 6.42 Å². The van der Waals surface area contributed by atoms with E-state index in [1.165, 1.54) is 6.07 Å². The lowest BCUT2D eigenvalue weighted by Crippen LogP contribution is -2.07. The fraction of sp³-hybridized carbons (Fsp3) is 0.462. The van der Waals surface area contributed by atoms with Crippen molar-refractivity contribution in [2.45, 2.75) is 32.4 Å². The van der Waals surface area contributed by atoms with Crippen LogP contribution in [0.4, 0.5) is 13.2 Å². The lowest BCUT2D eigenvalue weighted by molar-refractivity contribution is -0.138. The molecule has 0 saturated heterocycles. The molecule has 0 aliphatic carbocycles. The van der Waals surface area contributed by atoms with E-state index in [9.17, 15) is 18.0 Å². The fourth-order valence-corrected chi connectivity index (χ4v) is 1.68. The molecule has 0 saturated carbocycles. The SMILES string of the molecule is CCOc1ccc(C(F)(F)F)cc1CCCC(=O)O. The summed E-state index contributed by atoms with van der Waals surface area (Å²) in [5.41, 5.74) is -0.362. The predicted molar refractivity (Wildman–Crippen MR) is 63.2 cm³/mol. The van der Waals surface area contributed by atoms with Crippen molar-refractivity contribution >= 4 is 5.97 Å². The summed E-state index contributed by atoms with van der Waals surface area (Å²) in [5, 5.41) is 8.54. The Morgan fingerprint density at radius 3 is 2.58 bits per heavy atom. The standard InChI is InChI=1S/C13H15F3O3/c1-2-19-11-7-6-10(13(14,15)16)8-9(11)4-3-5-12(17)18/h6-8H,2-5H2,1H3,(H,17,18). The van der Waals surface area contributed by atoms with Gasteiger partial charge in [-0.3, -0.25) is 4.79 Å². The van der Waals surface area contributed by atoms with E-state index < -0.39 is 17.7 Å². The third-order valence-electron chi connectivity index (χ3n) is 2.52. The van der Waals surface area contributed by atoms with Crippen LogP contribution < -0.4 is 4.74 Å². The first-order valence-corrected chi connectivity index (χ1v) is 5.89. The van der Waals surface area contributed by atoms with Crippen molar-refractivity contribution in [1.29, 1.82) is 0 Å². The van der Waals surface area contributed by atoms with E-state index >= 15 is 0 Å². The van der Waals surface area contributed by atoms with Gasteiger partial charge in [-0.15, -0.1) is 0 Å². The van der Waals surface area contributed by atoms with Crippen LogP contribution in [0.5, 0.6) is 5.75 Å². The molecule has 0 radical (unpaired) electrons. The van der Waals surface area contributed by atoms with Gasteiger partial charge < -0.3 is 9.84 Å². The fourth-order valence-electron chi connectivity index (χ4n) is 1.68. The summed E-state index contributed by atoms with van der Waals surface area (Å²) in [5.74, 6) is -0.592. The van der Waals surface area contributed by atoms with Gasteiger partial charge >= 0.3 is 12.1 Å². The van der Waals surface area contributed by atoms with Crippen LogP contribution in [0.2, 0.25) is 0 Å². The van der Waals surface area contributed by atoms with Crippen LogP contribution in [0.1, 0.15) is 30.9 Å². The number of rotatable bonds is 6. The Labute approximate surface area is 109 Å². The van der Waals surface area contributed by atoms with Crippen molar-refractivity contribution in [3.8, 4) is 5.75 Å². The molecule has 0 atom stereocenters. The van der Waals surface area contributed by atoms with Crippen molar-refractivity contribution in [2.75, 3.05) is 6.61 Å². The first-order valence-electron chi connectivity index (χ1n) is 5.89. The molecule has 0 fully saturated rings. The Morgan fingerprint density at radius 2 is 2.05 bits per heavy atom. The highest BCUT2D eigenvalue weighted by atomic mass is 19.4. The molecule has 1 aromatic carbocycles. The Hall–Kier alpha value is -1.72. The summed E-state index contributed by atoms with van der Waals surface area (Å²) in [7, 11) is 0. The number of alkyl halides is 3. The van der Waals surface area contributed by atoms with Crippen molar-refractivity contribution in [2.24, 2.45) is 0 Å². The molecule has 0 aromatic heterocycles. The van der Waals surface area contributed by atoms with Crippen LogP contribution in [0.3, 0.4) is 0 Å². The summed E-state index contributed by atoms with van der Waals surface area (Å²) in [6.45, 7) is 2.08. The second-order valence-corrected chi connectivity index (χ2v) is 4.00. The highest BCUT2D eigenvalue weighted by molar-refractivity contribution is 5.66. The van der Waals surface area contributed by atoms with E-state index in [0.29, 0.717) is 17.9 Å². The largest absolute Gasteiger partial charge is 0.494 e. The maximum atomic E-state index is 12.6. The number of carboxylic acids is 1. The van der Waals surface area contributed by atoms with Crippen LogP contribution in [-0.4, -0.2) is 17.7 Å². The molecule has 1 rings (SSSR count). The summed E-state index contributed by atoms with van der Waals surface area (Å²) in [6, 6.07) is 3.26. The Bertz CT molecular complexity index is 441. The van der Waals surface area contributed by atoms with Gasteiger partial charge in [0.1, 0.15) is 5.75 Å². The van der Waals surface area contributed by atoms with E-state index in [1.54, 1.807) is 6.92 Å². The summed E-state index contributed by atoms with van der Waals surface area (Å²) >= 11 is 0. The maximum Gasteiger partial charge on any atom is 0.416 e. The number of hydrogen-bond acceptors (Lipinski definition) is 2.